The van der Waals surface area contributed by atoms with E-state index in [0.717, 1.165) is 16.9 Å². The summed E-state index contributed by atoms with van der Waals surface area (Å²) >= 11 is 0. The van der Waals surface area contributed by atoms with Crippen LogP contribution in [0.1, 0.15) is 28.8 Å². The second-order valence-corrected chi connectivity index (χ2v) is 4.89. The third kappa shape index (κ3) is 2.52. The maximum absolute atomic E-state index is 12.4. The number of benzene rings is 1. The molecule has 0 aliphatic heterocycles. The highest BCUT2D eigenvalue weighted by molar-refractivity contribution is 5.94. The van der Waals surface area contributed by atoms with Crippen molar-refractivity contribution in [3.63, 3.8) is 0 Å². The van der Waals surface area contributed by atoms with Crippen molar-refractivity contribution < 1.29 is 9.32 Å². The van der Waals surface area contributed by atoms with Crippen LogP contribution in [0.4, 0.5) is 0 Å². The number of aromatic amines is 1. The zero-order valence-electron chi connectivity index (χ0n) is 12.0. The van der Waals surface area contributed by atoms with Gasteiger partial charge in [-0.3, -0.25) is 4.79 Å². The molecule has 0 unspecified atom stereocenters. The Morgan fingerprint density at radius 3 is 2.95 bits per heavy atom. The lowest BCUT2D eigenvalue weighted by Crippen LogP contribution is -2.27. The van der Waals surface area contributed by atoms with Gasteiger partial charge in [-0.2, -0.15) is 0 Å². The van der Waals surface area contributed by atoms with Gasteiger partial charge in [-0.05, 0) is 18.6 Å². The van der Waals surface area contributed by atoms with Crippen LogP contribution < -0.4 is 0 Å². The molecule has 0 radical (unpaired) electrons. The van der Waals surface area contributed by atoms with Crippen LogP contribution in [0.5, 0.6) is 0 Å². The second kappa shape index (κ2) is 5.40. The molecule has 6 heteroatoms. The summed E-state index contributed by atoms with van der Waals surface area (Å²) in [6, 6.07) is 7.78. The molecule has 1 N–H and O–H groups in total. The normalized spacial score (nSPS) is 11.0. The van der Waals surface area contributed by atoms with Crippen molar-refractivity contribution >= 4 is 16.9 Å². The molecule has 3 aromatic rings. The number of para-hydroxylation sites is 2. The fraction of sp³-hybridized carbons (Fsp3) is 0.267. The van der Waals surface area contributed by atoms with Gasteiger partial charge in [-0.15, -0.1) is 0 Å². The van der Waals surface area contributed by atoms with E-state index in [2.05, 4.69) is 15.1 Å². The van der Waals surface area contributed by atoms with E-state index in [1.165, 1.54) is 6.26 Å². The highest BCUT2D eigenvalue weighted by atomic mass is 16.5. The molecule has 0 bridgehead atoms. The van der Waals surface area contributed by atoms with Gasteiger partial charge in [0.25, 0.3) is 5.91 Å². The third-order valence-corrected chi connectivity index (χ3v) is 3.38. The van der Waals surface area contributed by atoms with Crippen LogP contribution >= 0.6 is 0 Å². The first kappa shape index (κ1) is 13.4. The molecule has 1 aromatic carbocycles. The quantitative estimate of drug-likeness (QED) is 0.798. The smallest absolute Gasteiger partial charge is 0.259 e. The molecule has 0 aliphatic rings. The number of nitrogens with one attached hydrogen (secondary N) is 1. The molecule has 2 heterocycles. The van der Waals surface area contributed by atoms with Crippen molar-refractivity contribution in [1.82, 2.24) is 20.0 Å². The van der Waals surface area contributed by atoms with Crippen molar-refractivity contribution in [3.05, 3.63) is 47.6 Å². The largest absolute Gasteiger partial charge is 0.364 e. The minimum absolute atomic E-state index is 0.117. The summed E-state index contributed by atoms with van der Waals surface area (Å²) < 4.78 is 4.89. The summed E-state index contributed by atoms with van der Waals surface area (Å²) in [5.41, 5.74) is 3.05. The number of hydrogen-bond donors (Lipinski definition) is 1. The first-order valence-electron chi connectivity index (χ1n) is 6.81. The molecule has 0 saturated carbocycles. The van der Waals surface area contributed by atoms with E-state index >= 15 is 0 Å². The number of hydrogen-bond acceptors (Lipinski definition) is 4. The Bertz CT molecular complexity index is 742. The molecular weight excluding hydrogens is 268 g/mol. The fourth-order valence-corrected chi connectivity index (χ4v) is 2.27. The average Bonchev–Trinajstić information content (AvgIpc) is 3.11. The van der Waals surface area contributed by atoms with Gasteiger partial charge >= 0.3 is 0 Å². The number of aromatic nitrogens is 3. The second-order valence-electron chi connectivity index (χ2n) is 4.89. The number of aryl methyl sites for hydroxylation is 1. The third-order valence-electron chi connectivity index (χ3n) is 3.38. The molecule has 0 aliphatic carbocycles. The number of rotatable bonds is 4. The first-order chi connectivity index (χ1) is 10.2. The summed E-state index contributed by atoms with van der Waals surface area (Å²) in [6.07, 6.45) is 2.06. The zero-order chi connectivity index (χ0) is 14.8. The lowest BCUT2D eigenvalue weighted by Gasteiger charge is -2.14. The molecule has 3 rings (SSSR count). The van der Waals surface area contributed by atoms with Gasteiger partial charge in [0.15, 0.2) is 0 Å². The van der Waals surface area contributed by atoms with Gasteiger partial charge in [-0.25, -0.2) is 4.98 Å². The number of fused-ring (bicyclic) bond motifs is 1. The van der Waals surface area contributed by atoms with Crippen molar-refractivity contribution in [3.8, 4) is 0 Å². The predicted molar refractivity (Wildman–Crippen MR) is 77.8 cm³/mol. The van der Waals surface area contributed by atoms with Gasteiger partial charge < -0.3 is 14.4 Å². The van der Waals surface area contributed by atoms with E-state index in [9.17, 15) is 4.79 Å². The number of H-pyrrole nitrogens is 1. The molecule has 0 atom stereocenters. The Hall–Kier alpha value is -2.63. The number of amides is 1. The summed E-state index contributed by atoms with van der Waals surface area (Å²) in [6.45, 7) is 2.34. The van der Waals surface area contributed by atoms with Crippen LogP contribution in [0.15, 0.2) is 35.1 Å². The van der Waals surface area contributed by atoms with Gasteiger partial charge in [0.05, 0.1) is 23.3 Å². The van der Waals surface area contributed by atoms with Gasteiger partial charge in [-0.1, -0.05) is 24.2 Å². The van der Waals surface area contributed by atoms with Gasteiger partial charge in [0.1, 0.15) is 17.7 Å². The van der Waals surface area contributed by atoms with Crippen LogP contribution in [-0.2, 0) is 13.0 Å². The number of imidazole rings is 1. The summed E-state index contributed by atoms with van der Waals surface area (Å²) in [5, 5.41) is 3.83. The Kier molecular flexibility index (Phi) is 3.43. The highest BCUT2D eigenvalue weighted by Gasteiger charge is 2.19. The van der Waals surface area contributed by atoms with Crippen molar-refractivity contribution in [1.29, 1.82) is 0 Å². The molecule has 0 fully saturated rings. The Labute approximate surface area is 121 Å². The van der Waals surface area contributed by atoms with Gasteiger partial charge in [0, 0.05) is 7.05 Å². The van der Waals surface area contributed by atoms with Crippen molar-refractivity contribution in [2.24, 2.45) is 0 Å². The minimum atomic E-state index is -0.117. The maximum atomic E-state index is 12.4. The Balaban J connectivity index is 1.79. The summed E-state index contributed by atoms with van der Waals surface area (Å²) in [5.74, 6) is 0.634. The fourth-order valence-electron chi connectivity index (χ4n) is 2.27. The van der Waals surface area contributed by atoms with E-state index in [1.807, 2.05) is 31.2 Å². The van der Waals surface area contributed by atoms with E-state index < -0.39 is 0 Å². The van der Waals surface area contributed by atoms with Gasteiger partial charge in [0.2, 0.25) is 0 Å². The number of carbonyl (C=O) groups is 1. The van der Waals surface area contributed by atoms with Crippen LogP contribution in [0.3, 0.4) is 0 Å². The molecule has 0 saturated heterocycles. The zero-order valence-corrected chi connectivity index (χ0v) is 12.0. The monoisotopic (exact) mass is 284 g/mol. The lowest BCUT2D eigenvalue weighted by atomic mass is 10.2. The Morgan fingerprint density at radius 1 is 1.38 bits per heavy atom. The van der Waals surface area contributed by atoms with Crippen molar-refractivity contribution in [2.45, 2.75) is 19.9 Å². The summed E-state index contributed by atoms with van der Waals surface area (Å²) in [7, 11) is 1.74. The molecule has 2 aromatic heterocycles. The maximum Gasteiger partial charge on any atom is 0.259 e. The average molecular weight is 284 g/mol. The Morgan fingerprint density at radius 2 is 2.19 bits per heavy atom. The van der Waals surface area contributed by atoms with Crippen molar-refractivity contribution in [2.75, 3.05) is 7.05 Å². The van der Waals surface area contributed by atoms with Crippen LogP contribution in [0.25, 0.3) is 11.0 Å². The molecule has 21 heavy (non-hydrogen) atoms. The lowest BCUT2D eigenvalue weighted by molar-refractivity contribution is 0.0780. The summed E-state index contributed by atoms with van der Waals surface area (Å²) in [4.78, 5) is 21.7. The molecule has 0 spiro atoms. The standard InChI is InChI=1S/C15H16N4O2/c1-3-11-10(9-21-18-11)15(20)19(2)8-14-16-12-6-4-5-7-13(12)17-14/h4-7,9H,3,8H2,1-2H3,(H,16,17). The topological polar surface area (TPSA) is 75.0 Å². The molecular formula is C15H16N4O2. The highest BCUT2D eigenvalue weighted by Crippen LogP contribution is 2.14. The SMILES string of the molecule is CCc1nocc1C(=O)N(C)Cc1nc2ccccc2[nH]1. The van der Waals surface area contributed by atoms with Crippen LogP contribution in [0, 0.1) is 0 Å². The molecule has 108 valence electrons. The molecule has 6 nitrogen and oxygen atoms in total. The number of carbonyl (C=O) groups excluding carboxylic acids is 1. The van der Waals surface area contributed by atoms with E-state index in [1.54, 1.807) is 11.9 Å². The van der Waals surface area contributed by atoms with E-state index in [0.29, 0.717) is 24.2 Å². The first-order valence-corrected chi connectivity index (χ1v) is 6.81. The predicted octanol–water partition coefficient (Wildman–Crippen LogP) is 2.39. The van der Waals surface area contributed by atoms with Crippen LogP contribution in [0.2, 0.25) is 0 Å². The molecule has 1 amide bonds. The minimum Gasteiger partial charge on any atom is -0.364 e. The van der Waals surface area contributed by atoms with E-state index in [4.69, 9.17) is 4.52 Å². The van der Waals surface area contributed by atoms with E-state index in [-0.39, 0.29) is 5.91 Å². The number of nitrogens with zero attached hydrogens (tertiary/aromatic N) is 3. The van der Waals surface area contributed by atoms with Crippen LogP contribution in [-0.4, -0.2) is 33.0 Å².